The first-order chi connectivity index (χ1) is 34.4. The van der Waals surface area contributed by atoms with Crippen LogP contribution in [0.15, 0.2) is 0 Å². The molecule has 0 aliphatic carbocycles. The van der Waals surface area contributed by atoms with E-state index in [0.717, 1.165) is 4.90 Å². The molecule has 0 saturated carbocycles. The number of aliphatic hydroxyl groups is 1. The molecule has 1 aliphatic heterocycles. The third-order valence-corrected chi connectivity index (χ3v) is 10.8. The molecule has 1 rings (SSSR count). The number of nitrogens with one attached hydrogen (secondary N) is 8. The summed E-state index contributed by atoms with van der Waals surface area (Å²) in [7, 11) is 0. The van der Waals surface area contributed by atoms with Crippen LogP contribution in [0.2, 0.25) is 0 Å². The second kappa shape index (κ2) is 31.4. The Morgan fingerprint density at radius 3 is 1.43 bits per heavy atom. The molecule has 0 aromatic carbocycles. The summed E-state index contributed by atoms with van der Waals surface area (Å²) in [5.74, 6) is -17.5. The Morgan fingerprint density at radius 1 is 0.527 bits per heavy atom. The predicted molar refractivity (Wildman–Crippen MR) is 249 cm³/mol. The number of carbonyl (C=O) groups is 15. The number of aliphatic carboxylic acids is 3. The van der Waals surface area contributed by atoms with Crippen molar-refractivity contribution in [2.45, 2.75) is 146 Å². The Balaban J connectivity index is 3.37. The molecular formula is C42H67N13O19. The highest BCUT2D eigenvalue weighted by Crippen LogP contribution is 2.21. The lowest BCUT2D eigenvalue weighted by Gasteiger charge is -2.31. The van der Waals surface area contributed by atoms with Crippen molar-refractivity contribution < 1.29 is 92.3 Å². The lowest BCUT2D eigenvalue weighted by atomic mass is 10.0. The van der Waals surface area contributed by atoms with Crippen molar-refractivity contribution in [1.29, 1.82) is 0 Å². The average Bonchev–Trinajstić information content (AvgIpc) is 3.80. The van der Waals surface area contributed by atoms with E-state index in [2.05, 4.69) is 42.5 Å². The maximum absolute atomic E-state index is 14.2. The molecule has 0 bridgehead atoms. The number of carbonyl (C=O) groups excluding carboxylic acids is 12. The minimum absolute atomic E-state index is 0.0623. The Labute approximate surface area is 422 Å². The summed E-state index contributed by atoms with van der Waals surface area (Å²) in [6, 6.07) is -13.1. The van der Waals surface area contributed by atoms with E-state index in [1.807, 2.05) is 0 Å². The number of likely N-dealkylation sites (tertiary alicyclic amines) is 1. The fourth-order valence-electron chi connectivity index (χ4n) is 7.03. The largest absolute Gasteiger partial charge is 0.481 e. The second-order valence-electron chi connectivity index (χ2n) is 17.6. The van der Waals surface area contributed by atoms with Gasteiger partial charge in [-0.2, -0.15) is 0 Å². The number of hydrogen-bond donors (Lipinski definition) is 16. The summed E-state index contributed by atoms with van der Waals surface area (Å²) < 4.78 is 0. The van der Waals surface area contributed by atoms with E-state index in [0.29, 0.717) is 0 Å². The zero-order valence-electron chi connectivity index (χ0n) is 40.8. The van der Waals surface area contributed by atoms with Crippen LogP contribution in [-0.2, 0) is 71.9 Å². The first-order valence-corrected chi connectivity index (χ1v) is 23.0. The molecule has 414 valence electrons. The van der Waals surface area contributed by atoms with E-state index in [9.17, 15) is 87.2 Å². The number of hydrogen-bond acceptors (Lipinski definition) is 17. The van der Waals surface area contributed by atoms with Gasteiger partial charge in [-0.25, -0.2) is 0 Å². The van der Waals surface area contributed by atoms with Crippen LogP contribution in [0.4, 0.5) is 0 Å². The van der Waals surface area contributed by atoms with Crippen molar-refractivity contribution in [2.75, 3.05) is 19.6 Å². The van der Waals surface area contributed by atoms with Gasteiger partial charge in [0.1, 0.15) is 48.3 Å². The zero-order chi connectivity index (χ0) is 56.6. The molecule has 0 radical (unpaired) electrons. The summed E-state index contributed by atoms with van der Waals surface area (Å²) in [6.45, 7) is 2.72. The summed E-state index contributed by atoms with van der Waals surface area (Å²) in [5.41, 5.74) is 21.3. The lowest BCUT2D eigenvalue weighted by Crippen LogP contribution is -2.60. The van der Waals surface area contributed by atoms with Crippen molar-refractivity contribution in [3.8, 4) is 0 Å². The van der Waals surface area contributed by atoms with Gasteiger partial charge in [0.25, 0.3) is 0 Å². The first kappa shape index (κ1) is 64.0. The van der Waals surface area contributed by atoms with Gasteiger partial charge in [0.2, 0.25) is 70.9 Å². The predicted octanol–water partition coefficient (Wildman–Crippen LogP) is -8.30. The molecule has 1 saturated heterocycles. The molecule has 0 aromatic rings. The highest BCUT2D eigenvalue weighted by Gasteiger charge is 2.41. The number of carboxylic acids is 3. The highest BCUT2D eigenvalue weighted by molar-refractivity contribution is 6.00. The van der Waals surface area contributed by atoms with Crippen LogP contribution in [0.5, 0.6) is 0 Å². The molecule has 9 atom stereocenters. The fraction of sp³-hybridized carbons (Fsp3) is 0.643. The number of nitrogens with zero attached hydrogens (tertiary/aromatic N) is 1. The van der Waals surface area contributed by atoms with Gasteiger partial charge in [-0.05, 0) is 51.4 Å². The van der Waals surface area contributed by atoms with Crippen LogP contribution in [0.3, 0.4) is 0 Å². The van der Waals surface area contributed by atoms with Crippen LogP contribution < -0.4 is 65.5 Å². The minimum atomic E-state index is -1.86. The molecule has 0 aromatic heterocycles. The van der Waals surface area contributed by atoms with Gasteiger partial charge in [0.15, 0.2) is 0 Å². The Kier molecular flexibility index (Phi) is 27.2. The molecule has 20 N–H and O–H groups in total. The molecule has 0 spiro atoms. The molecule has 12 amide bonds. The van der Waals surface area contributed by atoms with Crippen LogP contribution in [-0.4, -0.2) is 188 Å². The molecule has 0 unspecified atom stereocenters. The summed E-state index contributed by atoms with van der Waals surface area (Å²) in [4.78, 5) is 190. The number of amides is 12. The molecule has 74 heavy (non-hydrogen) atoms. The topological polar surface area (TPSA) is 541 Å². The maximum Gasteiger partial charge on any atom is 0.303 e. The smallest absolute Gasteiger partial charge is 0.303 e. The fourth-order valence-corrected chi connectivity index (χ4v) is 7.03. The van der Waals surface area contributed by atoms with Gasteiger partial charge in [0, 0.05) is 25.8 Å². The SMILES string of the molecule is CC(C)C[C@H](NC(=O)[C@H](CC(N)=O)NC(=O)[C@H](CCC(=O)O)NC(=O)[C@@H](N)[C@@H](C)O)C(=O)N[C@@H](CCC(=O)O)C(=O)N1CCC[C@H]1C(=O)N[C@@H](CC(N)=O)C(=O)NCC(=O)N[C@@H](CCC(=O)O)C(=O)NCC(N)=O. The Hall–Kier alpha value is -8.03. The van der Waals surface area contributed by atoms with Gasteiger partial charge in [0.05, 0.1) is 32.0 Å². The standard InChI is InChI=1S/C42H67N13O19/c1-18(2)13-23(52-39(71)25(15-28(44)58)53-37(69)21(7-10-32(63)64)50-41(73)34(46)19(3)56)38(70)51-22(8-11-33(65)66)42(74)55-12-4-5-26(55)40(72)54-24(14-27(43)57)36(68)48-17-30(60)49-20(6-9-31(61)62)35(67)47-16-29(45)59/h18-26,34,56H,4-17,46H2,1-3H3,(H2,43,57)(H2,44,58)(H2,45,59)(H,47,67)(H,48,68)(H,49,60)(H,50,73)(H,51,70)(H,52,71)(H,53,69)(H,54,72)(H,61,62)(H,63,64)(H,65,66)/t19-,20+,21+,22+,23+,24+,25+,26+,34+/m1/s1. The third kappa shape index (κ3) is 23.9. The molecular weight excluding hydrogens is 991 g/mol. The summed E-state index contributed by atoms with van der Waals surface area (Å²) in [5, 5.41) is 55.3. The molecule has 1 fully saturated rings. The van der Waals surface area contributed by atoms with Crippen molar-refractivity contribution in [3.05, 3.63) is 0 Å². The molecule has 1 heterocycles. The monoisotopic (exact) mass is 1060 g/mol. The van der Waals surface area contributed by atoms with Gasteiger partial charge < -0.3 is 90.8 Å². The average molecular weight is 1060 g/mol. The number of carboxylic acid groups (broad SMARTS) is 3. The van der Waals surface area contributed by atoms with Crippen LogP contribution in [0, 0.1) is 5.92 Å². The van der Waals surface area contributed by atoms with E-state index in [-0.39, 0.29) is 25.8 Å². The molecule has 32 heteroatoms. The van der Waals surface area contributed by atoms with E-state index in [1.54, 1.807) is 13.8 Å². The molecule has 32 nitrogen and oxygen atoms in total. The van der Waals surface area contributed by atoms with Crippen molar-refractivity contribution >= 4 is 88.8 Å². The summed E-state index contributed by atoms with van der Waals surface area (Å²) in [6.07, 6.45) is -6.80. The van der Waals surface area contributed by atoms with Crippen molar-refractivity contribution in [3.63, 3.8) is 0 Å². The number of aliphatic hydroxyl groups excluding tert-OH is 1. The van der Waals surface area contributed by atoms with E-state index < -0.39 is 214 Å². The first-order valence-electron chi connectivity index (χ1n) is 23.0. The van der Waals surface area contributed by atoms with E-state index in [4.69, 9.17) is 28.0 Å². The van der Waals surface area contributed by atoms with Gasteiger partial charge >= 0.3 is 17.9 Å². The third-order valence-electron chi connectivity index (χ3n) is 10.8. The van der Waals surface area contributed by atoms with Crippen LogP contribution in [0.1, 0.15) is 91.4 Å². The van der Waals surface area contributed by atoms with Crippen molar-refractivity contribution in [2.24, 2.45) is 28.9 Å². The maximum atomic E-state index is 14.2. The van der Waals surface area contributed by atoms with Crippen molar-refractivity contribution in [1.82, 2.24) is 47.4 Å². The normalized spacial score (nSPS) is 16.2. The highest BCUT2D eigenvalue weighted by atomic mass is 16.4. The molecule has 1 aliphatic rings. The number of rotatable bonds is 34. The Morgan fingerprint density at radius 2 is 0.946 bits per heavy atom. The van der Waals surface area contributed by atoms with Gasteiger partial charge in [-0.3, -0.25) is 71.9 Å². The quantitative estimate of drug-likeness (QED) is 0.0285. The van der Waals surface area contributed by atoms with E-state index in [1.165, 1.54) is 6.92 Å². The van der Waals surface area contributed by atoms with Gasteiger partial charge in [-0.1, -0.05) is 13.8 Å². The van der Waals surface area contributed by atoms with Crippen LogP contribution in [0.25, 0.3) is 0 Å². The zero-order valence-corrected chi connectivity index (χ0v) is 40.8. The lowest BCUT2D eigenvalue weighted by molar-refractivity contribution is -0.144. The number of primary amides is 3. The summed E-state index contributed by atoms with van der Waals surface area (Å²) >= 11 is 0. The van der Waals surface area contributed by atoms with E-state index >= 15 is 0 Å². The Bertz CT molecular complexity index is 2120. The minimum Gasteiger partial charge on any atom is -0.481 e. The van der Waals surface area contributed by atoms with Gasteiger partial charge in [-0.15, -0.1) is 0 Å². The van der Waals surface area contributed by atoms with Crippen LogP contribution >= 0.6 is 0 Å². The number of nitrogens with two attached hydrogens (primary N) is 4. The second-order valence-corrected chi connectivity index (χ2v) is 17.6.